The summed E-state index contributed by atoms with van der Waals surface area (Å²) in [7, 11) is 0. The van der Waals surface area contributed by atoms with Crippen molar-refractivity contribution in [3.8, 4) is 5.88 Å². The lowest BCUT2D eigenvalue weighted by Crippen LogP contribution is -2.40. The number of hydrogen-bond acceptors (Lipinski definition) is 5. The summed E-state index contributed by atoms with van der Waals surface area (Å²) < 4.78 is 2.55. The molecule has 8 heteroatoms. The Balaban J connectivity index is 1.56. The highest BCUT2D eigenvalue weighted by Gasteiger charge is 2.37. The Morgan fingerprint density at radius 1 is 0.917 bits per heavy atom. The van der Waals surface area contributed by atoms with Crippen molar-refractivity contribution < 1.29 is 9.90 Å². The van der Waals surface area contributed by atoms with Gasteiger partial charge in [0.15, 0.2) is 0 Å². The van der Waals surface area contributed by atoms with Crippen molar-refractivity contribution in [2.24, 2.45) is 5.10 Å². The highest BCUT2D eigenvalue weighted by Crippen LogP contribution is 2.39. The summed E-state index contributed by atoms with van der Waals surface area (Å²) in [6.07, 6.45) is 4.44. The molecular formula is C28H26N4O4. The molecule has 0 unspecified atom stereocenters. The van der Waals surface area contributed by atoms with Crippen LogP contribution in [-0.2, 0) is 4.79 Å². The summed E-state index contributed by atoms with van der Waals surface area (Å²) in [6, 6.07) is 14.7. The van der Waals surface area contributed by atoms with Crippen LogP contribution in [-0.4, -0.2) is 25.9 Å². The van der Waals surface area contributed by atoms with Gasteiger partial charge in [0.1, 0.15) is 11.3 Å². The Morgan fingerprint density at radius 2 is 1.58 bits per heavy atom. The lowest BCUT2D eigenvalue weighted by molar-refractivity contribution is -0.114. The number of hydrogen-bond donors (Lipinski definition) is 1. The number of carbonyl (C=O) groups is 1. The number of anilines is 1. The number of rotatable bonds is 5. The van der Waals surface area contributed by atoms with Crippen LogP contribution in [0.15, 0.2) is 68.8 Å². The monoisotopic (exact) mass is 482 g/mol. The molecule has 2 aromatic carbocycles. The lowest BCUT2D eigenvalue weighted by Gasteiger charge is -2.15. The third kappa shape index (κ3) is 3.61. The second-order valence-electron chi connectivity index (χ2n) is 9.81. The molecule has 182 valence electrons. The van der Waals surface area contributed by atoms with Crippen LogP contribution >= 0.6 is 0 Å². The first-order valence-corrected chi connectivity index (χ1v) is 12.2. The number of aromatic nitrogens is 2. The molecule has 0 radical (unpaired) electrons. The Labute approximate surface area is 207 Å². The number of aryl methyl sites for hydroxylation is 2. The normalized spacial score (nSPS) is 18.7. The van der Waals surface area contributed by atoms with E-state index in [1.807, 2.05) is 62.4 Å². The van der Waals surface area contributed by atoms with Gasteiger partial charge in [-0.1, -0.05) is 48.0 Å². The van der Waals surface area contributed by atoms with E-state index in [-0.39, 0.29) is 29.1 Å². The first-order chi connectivity index (χ1) is 17.3. The summed E-state index contributed by atoms with van der Waals surface area (Å²) >= 11 is 0. The number of nitrogens with zero attached hydrogens (tertiary/aromatic N) is 4. The molecule has 6 rings (SSSR count). The van der Waals surface area contributed by atoms with Crippen molar-refractivity contribution in [1.29, 1.82) is 0 Å². The maximum absolute atomic E-state index is 13.8. The minimum Gasteiger partial charge on any atom is -0.494 e. The van der Waals surface area contributed by atoms with E-state index < -0.39 is 17.2 Å². The zero-order valence-electron chi connectivity index (χ0n) is 20.1. The van der Waals surface area contributed by atoms with Crippen LogP contribution in [0.1, 0.15) is 60.0 Å². The molecule has 1 aliphatic heterocycles. The molecule has 0 spiro atoms. The molecule has 1 aromatic heterocycles. The van der Waals surface area contributed by atoms with Gasteiger partial charge in [-0.2, -0.15) is 10.1 Å². The van der Waals surface area contributed by atoms with E-state index in [2.05, 4.69) is 5.10 Å². The van der Waals surface area contributed by atoms with Crippen LogP contribution in [0.4, 0.5) is 5.69 Å². The van der Waals surface area contributed by atoms with Crippen LogP contribution in [0.3, 0.4) is 0 Å². The minimum absolute atomic E-state index is 0.0529. The molecule has 0 saturated heterocycles. The minimum atomic E-state index is -0.574. The maximum Gasteiger partial charge on any atom is 0.334 e. The number of hydrazone groups is 1. The second-order valence-corrected chi connectivity index (χ2v) is 9.81. The largest absolute Gasteiger partial charge is 0.494 e. The van der Waals surface area contributed by atoms with Crippen LogP contribution in [0, 0.1) is 13.8 Å². The number of amides is 1. The molecule has 8 nitrogen and oxygen atoms in total. The molecule has 1 amide bonds. The molecule has 2 saturated carbocycles. The van der Waals surface area contributed by atoms with Crippen LogP contribution in [0.25, 0.3) is 6.08 Å². The molecule has 2 aliphatic carbocycles. The Hall–Kier alpha value is -4.20. The van der Waals surface area contributed by atoms with Gasteiger partial charge in [0.05, 0.1) is 11.3 Å². The van der Waals surface area contributed by atoms with Gasteiger partial charge in [-0.3, -0.25) is 18.7 Å². The van der Waals surface area contributed by atoms with Crippen LogP contribution in [0.5, 0.6) is 5.88 Å². The van der Waals surface area contributed by atoms with Gasteiger partial charge in [0, 0.05) is 17.6 Å². The summed E-state index contributed by atoms with van der Waals surface area (Å²) in [5.41, 5.74) is 2.81. The van der Waals surface area contributed by atoms with E-state index >= 15 is 0 Å². The quantitative estimate of drug-likeness (QED) is 0.559. The van der Waals surface area contributed by atoms with E-state index in [1.54, 1.807) is 0 Å². The van der Waals surface area contributed by atoms with Crippen molar-refractivity contribution in [2.45, 2.75) is 51.6 Å². The number of carbonyl (C=O) groups excluding carboxylic acids is 1. The van der Waals surface area contributed by atoms with E-state index in [4.69, 9.17) is 0 Å². The molecular weight excluding hydrogens is 456 g/mol. The van der Waals surface area contributed by atoms with Crippen LogP contribution < -0.4 is 16.3 Å². The van der Waals surface area contributed by atoms with Gasteiger partial charge >= 0.3 is 5.69 Å². The fourth-order valence-electron chi connectivity index (χ4n) is 4.80. The van der Waals surface area contributed by atoms with Gasteiger partial charge in [0.25, 0.3) is 11.5 Å². The average Bonchev–Trinajstić information content (AvgIpc) is 3.78. The highest BCUT2D eigenvalue weighted by atomic mass is 16.3. The Kier molecular flexibility index (Phi) is 5.07. The summed E-state index contributed by atoms with van der Waals surface area (Å²) in [5, 5.41) is 17.1. The molecule has 3 aromatic rings. The molecule has 36 heavy (non-hydrogen) atoms. The van der Waals surface area contributed by atoms with Crippen molar-refractivity contribution in [3.05, 3.63) is 97.2 Å². The molecule has 2 fully saturated rings. The fraction of sp³-hybridized carbons (Fsp3) is 0.286. The predicted molar refractivity (Wildman–Crippen MR) is 138 cm³/mol. The van der Waals surface area contributed by atoms with Gasteiger partial charge in [0.2, 0.25) is 5.88 Å². The first-order valence-electron chi connectivity index (χ1n) is 12.2. The maximum atomic E-state index is 13.8. The summed E-state index contributed by atoms with van der Waals surface area (Å²) in [6.45, 7) is 3.90. The third-order valence-corrected chi connectivity index (χ3v) is 6.95. The summed E-state index contributed by atoms with van der Waals surface area (Å²) in [4.78, 5) is 40.3. The number of aromatic hydroxyl groups is 1. The Morgan fingerprint density at radius 3 is 2.22 bits per heavy atom. The van der Waals surface area contributed by atoms with Gasteiger partial charge < -0.3 is 5.11 Å². The predicted octanol–water partition coefficient (Wildman–Crippen LogP) is 3.84. The van der Waals surface area contributed by atoms with Gasteiger partial charge in [-0.15, -0.1) is 0 Å². The molecule has 3 aliphatic rings. The zero-order valence-corrected chi connectivity index (χ0v) is 20.1. The van der Waals surface area contributed by atoms with Gasteiger partial charge in [-0.25, -0.2) is 4.79 Å². The SMILES string of the molecule is Cc1ccc(N2N=C(c3ccccc3)/C(=C/c3c(O)n(C4CC4)c(=O)n(C4CC4)c3=O)C2=O)c(C)c1. The molecule has 2 heterocycles. The van der Waals surface area contributed by atoms with Crippen molar-refractivity contribution in [2.75, 3.05) is 5.01 Å². The average molecular weight is 483 g/mol. The summed E-state index contributed by atoms with van der Waals surface area (Å²) in [5.74, 6) is -0.788. The van der Waals surface area contributed by atoms with E-state index in [1.165, 1.54) is 20.2 Å². The highest BCUT2D eigenvalue weighted by molar-refractivity contribution is 6.37. The van der Waals surface area contributed by atoms with E-state index in [9.17, 15) is 19.5 Å². The number of benzene rings is 2. The Bertz CT molecular complexity index is 1590. The second kappa shape index (κ2) is 8.19. The van der Waals surface area contributed by atoms with E-state index in [0.29, 0.717) is 17.0 Å². The van der Waals surface area contributed by atoms with Crippen LogP contribution in [0.2, 0.25) is 0 Å². The van der Waals surface area contributed by atoms with E-state index in [0.717, 1.165) is 36.8 Å². The zero-order chi connectivity index (χ0) is 25.1. The van der Waals surface area contributed by atoms with Crippen molar-refractivity contribution in [3.63, 3.8) is 0 Å². The first kappa shape index (κ1) is 22.3. The lowest BCUT2D eigenvalue weighted by atomic mass is 10.0. The fourth-order valence-corrected chi connectivity index (χ4v) is 4.80. The molecule has 1 N–H and O–H groups in total. The third-order valence-electron chi connectivity index (χ3n) is 6.95. The molecule has 0 atom stereocenters. The standard InChI is InChI=1S/C28H26N4O4/c1-16-8-13-23(17(2)14-16)32-27(35)21(24(29-32)18-6-4-3-5-7-18)15-22-25(33)30(19-9-10-19)28(36)31(26(22)34)20-11-12-20/h3-8,13-15,19-20,33H,9-12H2,1-2H3/b21-15-. The smallest absolute Gasteiger partial charge is 0.334 e. The molecule has 0 bridgehead atoms. The topological polar surface area (TPSA) is 96.9 Å². The van der Waals surface area contributed by atoms with Crippen molar-refractivity contribution >= 4 is 23.4 Å². The van der Waals surface area contributed by atoms with Crippen molar-refractivity contribution in [1.82, 2.24) is 9.13 Å². The van der Waals surface area contributed by atoms with Gasteiger partial charge in [-0.05, 0) is 57.2 Å².